The zero-order valence-corrected chi connectivity index (χ0v) is 47.1. The summed E-state index contributed by atoms with van der Waals surface area (Å²) in [6, 6.07) is 24.3. The number of piperidine rings is 2. The van der Waals surface area contributed by atoms with Gasteiger partial charge >= 0.3 is 0 Å². The number of sulfonamides is 1. The largest absolute Gasteiger partial charge is 0.455 e. The summed E-state index contributed by atoms with van der Waals surface area (Å²) in [7, 11) is -4.66. The number of rotatable bonds is 17. The molecule has 1 atom stereocenters. The minimum absolute atomic E-state index is 0.0336. The predicted molar refractivity (Wildman–Crippen MR) is 309 cm³/mol. The van der Waals surface area contributed by atoms with Crippen LogP contribution in [0, 0.1) is 21.4 Å². The number of nitrogens with zero attached hydrogens (tertiary/aromatic N) is 6. The fourth-order valence-electron chi connectivity index (χ4n) is 11.9. The molecule has 0 saturated carbocycles. The van der Waals surface area contributed by atoms with Crippen molar-refractivity contribution in [2.24, 2.45) is 11.3 Å². The molecule has 4 aromatic carbocycles. The normalized spacial score (nSPS) is 19.1. The number of carbonyl (C=O) groups is 5. The molecule has 5 aliphatic rings. The Morgan fingerprint density at radius 2 is 1.67 bits per heavy atom. The van der Waals surface area contributed by atoms with Crippen LogP contribution in [-0.4, -0.2) is 132 Å². The maximum Gasteiger partial charge on any atom is 0.293 e. The Morgan fingerprint density at radius 3 is 2.43 bits per heavy atom. The number of benzene rings is 4. The van der Waals surface area contributed by atoms with Gasteiger partial charge in [0.15, 0.2) is 0 Å². The number of nitro groups is 1. The fourth-order valence-corrected chi connectivity index (χ4v) is 13.0. The van der Waals surface area contributed by atoms with Gasteiger partial charge in [0.05, 0.1) is 32.7 Å². The van der Waals surface area contributed by atoms with Crippen LogP contribution >= 0.6 is 11.6 Å². The Kier molecular flexibility index (Phi) is 15.8. The van der Waals surface area contributed by atoms with Gasteiger partial charge in [-0.2, -0.15) is 0 Å². The number of halogens is 1. The van der Waals surface area contributed by atoms with Crippen molar-refractivity contribution in [3.05, 3.63) is 152 Å². The van der Waals surface area contributed by atoms with Crippen molar-refractivity contribution in [1.82, 2.24) is 34.7 Å². The number of anilines is 2. The summed E-state index contributed by atoms with van der Waals surface area (Å²) in [6.07, 6.45) is 8.47. The number of fused-ring (bicyclic) bond motifs is 2. The molecule has 20 nitrogen and oxygen atoms in total. The number of nitro benzene ring substituents is 1. The number of aromatic nitrogens is 2. The molecule has 3 fully saturated rings. The number of amides is 5. The van der Waals surface area contributed by atoms with Gasteiger partial charge in [0.2, 0.25) is 11.8 Å². The van der Waals surface area contributed by atoms with Gasteiger partial charge in [-0.1, -0.05) is 55.3 Å². The summed E-state index contributed by atoms with van der Waals surface area (Å²) < 4.78 is 36.4. The Bertz CT molecular complexity index is 3680. The number of allylic oxidation sites excluding steroid dienone is 1. The first kappa shape index (κ1) is 55.9. The van der Waals surface area contributed by atoms with E-state index in [1.807, 2.05) is 18.2 Å². The number of aromatic amines is 1. The van der Waals surface area contributed by atoms with Crippen molar-refractivity contribution in [1.29, 1.82) is 0 Å². The molecule has 0 radical (unpaired) electrons. The van der Waals surface area contributed by atoms with E-state index in [9.17, 15) is 42.5 Å². The summed E-state index contributed by atoms with van der Waals surface area (Å²) in [4.78, 5) is 92.2. The smallest absolute Gasteiger partial charge is 0.293 e. The lowest BCUT2D eigenvalue weighted by molar-refractivity contribution is -0.384. The fraction of sp³-hybridized carbons (Fsp3) is 0.367. The van der Waals surface area contributed by atoms with Crippen LogP contribution in [0.25, 0.3) is 16.6 Å². The molecule has 1 unspecified atom stereocenters. The van der Waals surface area contributed by atoms with Crippen molar-refractivity contribution in [3.8, 4) is 11.5 Å². The second-order valence-electron chi connectivity index (χ2n) is 22.6. The molecule has 22 heteroatoms. The van der Waals surface area contributed by atoms with E-state index >= 15 is 0 Å². The number of piperazine rings is 1. The van der Waals surface area contributed by atoms with E-state index in [2.05, 4.69) is 66.0 Å². The number of ether oxygens (including phenoxy) is 1. The maximum absolute atomic E-state index is 14.2. The lowest BCUT2D eigenvalue weighted by Gasteiger charge is -2.39. The molecular formula is C60H63ClN10O10S. The van der Waals surface area contributed by atoms with Gasteiger partial charge < -0.3 is 24.8 Å². The number of imide groups is 2. The zero-order valence-electron chi connectivity index (χ0n) is 45.5. The third-order valence-corrected chi connectivity index (χ3v) is 18.2. The molecule has 82 heavy (non-hydrogen) atoms. The number of nitrogens with one attached hydrogen (secondary N) is 4. The molecule has 4 aliphatic heterocycles. The van der Waals surface area contributed by atoms with E-state index in [4.69, 9.17) is 16.3 Å². The number of hydrogen-bond donors (Lipinski definition) is 4. The second kappa shape index (κ2) is 23.1. The van der Waals surface area contributed by atoms with Crippen LogP contribution in [0.3, 0.4) is 0 Å². The van der Waals surface area contributed by atoms with E-state index < -0.39 is 61.1 Å². The SMILES string of the molecule is CC1(C)CCC(CN2CCN(c3ccc(C(=O)NS(=O)(=O)c4ccc(NCC5CCN(CCc6cccc7c6C(=O)N(C6CCC(=O)NC6=O)C7=O)CC5)c([N+](=O)[O-])c4)c(Oc4cnc5[nH]ccc5c4)c3)CC2)=C(c2ccc(Cl)cc2)C1. The van der Waals surface area contributed by atoms with E-state index in [-0.39, 0.29) is 52.3 Å². The van der Waals surface area contributed by atoms with E-state index in [1.165, 1.54) is 41.1 Å². The first-order valence-corrected chi connectivity index (χ1v) is 29.6. The molecule has 2 aromatic heterocycles. The molecule has 5 amide bonds. The van der Waals surface area contributed by atoms with Crippen molar-refractivity contribution in [2.75, 3.05) is 69.1 Å². The monoisotopic (exact) mass is 1150 g/mol. The topological polar surface area (TPSA) is 250 Å². The minimum atomic E-state index is -4.66. The van der Waals surface area contributed by atoms with Crippen LogP contribution in [0.4, 0.5) is 17.1 Å². The van der Waals surface area contributed by atoms with Gasteiger partial charge in [-0.3, -0.25) is 49.2 Å². The van der Waals surface area contributed by atoms with Gasteiger partial charge in [0.25, 0.3) is 33.4 Å². The highest BCUT2D eigenvalue weighted by molar-refractivity contribution is 7.90. The molecule has 0 spiro atoms. The second-order valence-corrected chi connectivity index (χ2v) is 24.8. The number of H-pyrrole nitrogens is 1. The van der Waals surface area contributed by atoms with Gasteiger partial charge in [-0.15, -0.1) is 0 Å². The summed E-state index contributed by atoms with van der Waals surface area (Å²) >= 11 is 6.27. The highest BCUT2D eigenvalue weighted by Gasteiger charge is 2.45. The number of carbonyl (C=O) groups excluding carboxylic acids is 5. The molecule has 426 valence electrons. The molecule has 6 aromatic rings. The van der Waals surface area contributed by atoms with E-state index in [0.29, 0.717) is 67.7 Å². The van der Waals surface area contributed by atoms with E-state index in [0.717, 1.165) is 73.8 Å². The predicted octanol–water partition coefficient (Wildman–Crippen LogP) is 8.59. The van der Waals surface area contributed by atoms with Gasteiger partial charge in [0, 0.05) is 86.7 Å². The lowest BCUT2D eigenvalue weighted by atomic mass is 9.72. The molecular weight excluding hydrogens is 1090 g/mol. The maximum atomic E-state index is 14.2. The van der Waals surface area contributed by atoms with Crippen LogP contribution in [0.15, 0.2) is 114 Å². The standard InChI is InChI=1S/C60H63ClN10O10S/c1-60(2)21-16-41(48(33-60)38-6-8-42(61)9-7-38)36-68-26-28-69(29-27-68)43-10-12-46(52(31-43)81-44-30-40-17-22-62-55(40)64-35-44)56(73)66-82(79,80)45-11-13-49(51(32-45)71(77)78)63-34-37-18-23-67(24-19-37)25-20-39-4-3-5-47-54(39)59(76)70(58(47)75)50-14-15-53(72)65-57(50)74/h3-13,17,22,30-32,35,37,50,63H,14-16,18-21,23-29,33-34,36H2,1-2H3,(H,62,64)(H,66,73)(H,65,72,74). The molecule has 1 aliphatic carbocycles. The average molecular weight is 1150 g/mol. The highest BCUT2D eigenvalue weighted by Crippen LogP contribution is 2.44. The Balaban J connectivity index is 0.722. The Labute approximate surface area is 479 Å². The summed E-state index contributed by atoms with van der Waals surface area (Å²) in [5.74, 6) is -2.65. The third kappa shape index (κ3) is 12.0. The van der Waals surface area contributed by atoms with Crippen LogP contribution in [0.2, 0.25) is 5.02 Å². The molecule has 4 N–H and O–H groups in total. The third-order valence-electron chi connectivity index (χ3n) is 16.6. The average Bonchev–Trinajstić information content (AvgIpc) is 4.22. The van der Waals surface area contributed by atoms with Crippen LogP contribution < -0.4 is 25.0 Å². The minimum Gasteiger partial charge on any atom is -0.455 e. The molecule has 0 bridgehead atoms. The summed E-state index contributed by atoms with van der Waals surface area (Å²) in [5.41, 5.74) is 6.45. The molecule has 6 heterocycles. The Hall–Kier alpha value is -7.98. The quantitative estimate of drug-likeness (QED) is 0.0379. The van der Waals surface area contributed by atoms with Gasteiger partial charge in [-0.25, -0.2) is 18.1 Å². The lowest BCUT2D eigenvalue weighted by Crippen LogP contribution is -2.54. The van der Waals surface area contributed by atoms with Gasteiger partial charge in [-0.05, 0) is 141 Å². The van der Waals surface area contributed by atoms with Crippen LogP contribution in [0.1, 0.15) is 101 Å². The summed E-state index contributed by atoms with van der Waals surface area (Å²) in [5, 5.41) is 19.3. The van der Waals surface area contributed by atoms with Crippen molar-refractivity contribution in [3.63, 3.8) is 0 Å². The van der Waals surface area contributed by atoms with Crippen LogP contribution in [-0.2, 0) is 26.0 Å². The van der Waals surface area contributed by atoms with Crippen LogP contribution in [0.5, 0.6) is 11.5 Å². The van der Waals surface area contributed by atoms with Gasteiger partial charge in [0.1, 0.15) is 28.9 Å². The van der Waals surface area contributed by atoms with Crippen molar-refractivity contribution >= 4 is 84.8 Å². The highest BCUT2D eigenvalue weighted by atomic mass is 35.5. The first-order chi connectivity index (χ1) is 39.4. The number of likely N-dealkylation sites (tertiary alicyclic amines) is 1. The summed E-state index contributed by atoms with van der Waals surface area (Å²) in [6.45, 7) is 10.8. The molecule has 11 rings (SSSR count). The number of pyridine rings is 1. The zero-order chi connectivity index (χ0) is 57.5. The van der Waals surface area contributed by atoms with E-state index in [1.54, 1.807) is 42.6 Å². The number of hydrogen-bond acceptors (Lipinski definition) is 15. The Morgan fingerprint density at radius 1 is 0.890 bits per heavy atom. The van der Waals surface area contributed by atoms with Crippen molar-refractivity contribution < 1.29 is 42.1 Å². The van der Waals surface area contributed by atoms with Crippen molar-refractivity contribution in [2.45, 2.75) is 76.2 Å². The first-order valence-electron chi connectivity index (χ1n) is 27.7. The molecule has 3 saturated heterocycles.